The van der Waals surface area contributed by atoms with Crippen LogP contribution in [0.4, 0.5) is 11.4 Å². The Labute approximate surface area is 103 Å². The quantitative estimate of drug-likeness (QED) is 0.495. The summed E-state index contributed by atoms with van der Waals surface area (Å²) in [5, 5.41) is 31.4. The monoisotopic (exact) mass is 243 g/mol. The fourth-order valence-electron chi connectivity index (χ4n) is 1.28. The molecule has 0 saturated heterocycles. The summed E-state index contributed by atoms with van der Waals surface area (Å²) in [6.07, 6.45) is 0. The molecule has 0 bridgehead atoms. The summed E-state index contributed by atoms with van der Waals surface area (Å²) < 4.78 is 0. The molecule has 0 radical (unpaired) electrons. The van der Waals surface area contributed by atoms with Crippen molar-refractivity contribution in [2.24, 2.45) is 5.10 Å². The first-order valence-electron chi connectivity index (χ1n) is 4.89. The van der Waals surface area contributed by atoms with Gasteiger partial charge in [-0.1, -0.05) is 6.07 Å². The fourth-order valence-corrected chi connectivity index (χ4v) is 1.28. The summed E-state index contributed by atoms with van der Waals surface area (Å²) in [5.41, 5.74) is 3.52. The van der Waals surface area contributed by atoms with Gasteiger partial charge in [-0.05, 0) is 25.0 Å². The molecule has 0 aromatic heterocycles. The minimum absolute atomic E-state index is 0.155. The minimum Gasteiger partial charge on any atom is -0.269 e. The minimum atomic E-state index is -0.553. The Kier molecular flexibility index (Phi) is 3.95. The molecule has 0 atom stereocenters. The van der Waals surface area contributed by atoms with Crippen molar-refractivity contribution in [3.63, 3.8) is 0 Å². The van der Waals surface area contributed by atoms with Crippen LogP contribution in [0.5, 0.6) is 0 Å². The number of nitro groups is 1. The van der Waals surface area contributed by atoms with Crippen LogP contribution in [0.1, 0.15) is 11.1 Å². The average molecular weight is 243 g/mol. The summed E-state index contributed by atoms with van der Waals surface area (Å²) in [6.45, 7) is 3.49. The molecular formula is C11H9N5O2. The van der Waals surface area contributed by atoms with E-state index in [0.717, 1.165) is 5.56 Å². The maximum Gasteiger partial charge on any atom is 0.294 e. The van der Waals surface area contributed by atoms with E-state index in [1.165, 1.54) is 6.07 Å². The van der Waals surface area contributed by atoms with Gasteiger partial charge in [-0.2, -0.15) is 15.6 Å². The second kappa shape index (κ2) is 5.41. The number of rotatable bonds is 3. The summed E-state index contributed by atoms with van der Waals surface area (Å²) in [4.78, 5) is 10.3. The zero-order valence-corrected chi connectivity index (χ0v) is 9.76. The van der Waals surface area contributed by atoms with Crippen molar-refractivity contribution in [2.45, 2.75) is 13.8 Å². The normalized spacial score (nSPS) is 8.89. The van der Waals surface area contributed by atoms with E-state index in [2.05, 4.69) is 10.5 Å². The molecule has 90 valence electrons. The van der Waals surface area contributed by atoms with Crippen LogP contribution in [0.3, 0.4) is 0 Å². The molecule has 1 rings (SSSR count). The van der Waals surface area contributed by atoms with Crippen LogP contribution in [-0.4, -0.2) is 10.6 Å². The summed E-state index contributed by atoms with van der Waals surface area (Å²) >= 11 is 0. The van der Waals surface area contributed by atoms with Gasteiger partial charge in [0.25, 0.3) is 5.69 Å². The Hall–Kier alpha value is -2.93. The third-order valence-corrected chi connectivity index (χ3v) is 2.40. The zero-order chi connectivity index (χ0) is 13.7. The predicted octanol–water partition coefficient (Wildman–Crippen LogP) is 2.03. The van der Waals surface area contributed by atoms with Gasteiger partial charge in [-0.15, -0.1) is 0 Å². The first-order valence-corrected chi connectivity index (χ1v) is 4.89. The molecule has 18 heavy (non-hydrogen) atoms. The molecular weight excluding hydrogens is 234 g/mol. The third-order valence-electron chi connectivity index (χ3n) is 2.40. The van der Waals surface area contributed by atoms with Gasteiger partial charge >= 0.3 is 0 Å². The Morgan fingerprint density at radius 2 is 2.00 bits per heavy atom. The Morgan fingerprint density at radius 1 is 1.39 bits per heavy atom. The highest BCUT2D eigenvalue weighted by molar-refractivity contribution is 6.10. The van der Waals surface area contributed by atoms with Gasteiger partial charge < -0.3 is 0 Å². The smallest absolute Gasteiger partial charge is 0.269 e. The number of hydrogen-bond donors (Lipinski definition) is 1. The highest BCUT2D eigenvalue weighted by Crippen LogP contribution is 2.30. The van der Waals surface area contributed by atoms with Crippen molar-refractivity contribution in [3.8, 4) is 12.1 Å². The maximum absolute atomic E-state index is 10.9. The highest BCUT2D eigenvalue weighted by Gasteiger charge is 2.17. The molecule has 0 amide bonds. The van der Waals surface area contributed by atoms with E-state index in [-0.39, 0.29) is 11.4 Å². The lowest BCUT2D eigenvalue weighted by Crippen LogP contribution is -2.02. The van der Waals surface area contributed by atoms with Gasteiger partial charge in [0.1, 0.15) is 17.8 Å². The van der Waals surface area contributed by atoms with Gasteiger partial charge in [0.15, 0.2) is 0 Å². The number of hydrogen-bond acceptors (Lipinski definition) is 6. The number of aryl methyl sites for hydroxylation is 1. The van der Waals surface area contributed by atoms with E-state index >= 15 is 0 Å². The molecule has 0 aliphatic carbocycles. The van der Waals surface area contributed by atoms with Crippen LogP contribution in [0.2, 0.25) is 0 Å². The number of anilines is 1. The Bertz CT molecular complexity index is 591. The van der Waals surface area contributed by atoms with E-state index < -0.39 is 10.6 Å². The molecule has 0 spiro atoms. The molecule has 7 heteroatoms. The van der Waals surface area contributed by atoms with Gasteiger partial charge in [0.05, 0.1) is 4.92 Å². The topological polar surface area (TPSA) is 115 Å². The Balaban J connectivity index is 3.28. The van der Waals surface area contributed by atoms with Gasteiger partial charge in [-0.25, -0.2) is 0 Å². The van der Waals surface area contributed by atoms with Crippen LogP contribution in [-0.2, 0) is 0 Å². The number of benzene rings is 1. The molecule has 1 aromatic carbocycles. The number of nitriles is 2. The molecule has 0 fully saturated rings. The number of nitrogens with zero attached hydrogens (tertiary/aromatic N) is 4. The molecule has 1 N–H and O–H groups in total. The predicted molar refractivity (Wildman–Crippen MR) is 64.9 cm³/mol. The maximum atomic E-state index is 10.9. The lowest BCUT2D eigenvalue weighted by atomic mass is 10.1. The van der Waals surface area contributed by atoms with Crippen molar-refractivity contribution < 1.29 is 4.92 Å². The van der Waals surface area contributed by atoms with Gasteiger partial charge in [-0.3, -0.25) is 15.5 Å². The second-order valence-corrected chi connectivity index (χ2v) is 3.45. The van der Waals surface area contributed by atoms with E-state index in [4.69, 9.17) is 10.5 Å². The first-order chi connectivity index (χ1) is 8.51. The SMILES string of the molecule is Cc1ccc([N+](=O)[O-])c(NN=C(C#N)C#N)c1C. The lowest BCUT2D eigenvalue weighted by Gasteiger charge is -2.08. The first kappa shape index (κ1) is 13.1. The fraction of sp³-hybridized carbons (Fsp3) is 0.182. The van der Waals surface area contributed by atoms with E-state index in [0.29, 0.717) is 5.56 Å². The van der Waals surface area contributed by atoms with Crippen molar-refractivity contribution in [3.05, 3.63) is 33.4 Å². The van der Waals surface area contributed by atoms with Gasteiger partial charge in [0.2, 0.25) is 5.71 Å². The number of nitrogens with one attached hydrogen (secondary N) is 1. The van der Waals surface area contributed by atoms with Crippen LogP contribution >= 0.6 is 0 Å². The van der Waals surface area contributed by atoms with Crippen molar-refractivity contribution in [1.82, 2.24) is 0 Å². The number of nitro benzene ring substituents is 1. The van der Waals surface area contributed by atoms with Gasteiger partial charge in [0, 0.05) is 6.07 Å². The standard InChI is InChI=1S/C11H9N5O2/c1-7-3-4-10(16(17)18)11(8(7)2)15-14-9(5-12)6-13/h3-4,15H,1-2H3. The van der Waals surface area contributed by atoms with Crippen LogP contribution in [0, 0.1) is 46.6 Å². The van der Waals surface area contributed by atoms with Crippen molar-refractivity contribution >= 4 is 17.1 Å². The second-order valence-electron chi connectivity index (χ2n) is 3.45. The molecule has 0 heterocycles. The Morgan fingerprint density at radius 3 is 2.50 bits per heavy atom. The van der Waals surface area contributed by atoms with Crippen LogP contribution < -0.4 is 5.43 Å². The average Bonchev–Trinajstić information content (AvgIpc) is 2.35. The van der Waals surface area contributed by atoms with Crippen LogP contribution in [0.25, 0.3) is 0 Å². The zero-order valence-electron chi connectivity index (χ0n) is 9.76. The molecule has 0 saturated carbocycles. The summed E-state index contributed by atoms with van der Waals surface area (Å²) in [5.74, 6) is 0. The number of hydrazone groups is 1. The summed E-state index contributed by atoms with van der Waals surface area (Å²) in [7, 11) is 0. The van der Waals surface area contributed by atoms with Crippen molar-refractivity contribution in [1.29, 1.82) is 10.5 Å². The largest absolute Gasteiger partial charge is 0.294 e. The van der Waals surface area contributed by atoms with Crippen LogP contribution in [0.15, 0.2) is 17.2 Å². The molecule has 1 aromatic rings. The lowest BCUT2D eigenvalue weighted by molar-refractivity contribution is -0.384. The van der Waals surface area contributed by atoms with E-state index in [1.54, 1.807) is 32.1 Å². The van der Waals surface area contributed by atoms with E-state index in [1.807, 2.05) is 0 Å². The van der Waals surface area contributed by atoms with Crippen molar-refractivity contribution in [2.75, 3.05) is 5.43 Å². The molecule has 0 unspecified atom stereocenters. The molecule has 0 aliphatic heterocycles. The molecule has 7 nitrogen and oxygen atoms in total. The highest BCUT2D eigenvalue weighted by atomic mass is 16.6. The van der Waals surface area contributed by atoms with E-state index in [9.17, 15) is 10.1 Å². The third kappa shape index (κ3) is 2.60. The molecule has 0 aliphatic rings. The summed E-state index contributed by atoms with van der Waals surface area (Å²) in [6, 6.07) is 6.09.